The lowest BCUT2D eigenvalue weighted by Gasteiger charge is -2.27. The van der Waals surface area contributed by atoms with Crippen LogP contribution in [-0.4, -0.2) is 42.5 Å². The Labute approximate surface area is 163 Å². The third kappa shape index (κ3) is 3.14. The molecule has 1 fully saturated rings. The van der Waals surface area contributed by atoms with Crippen molar-refractivity contribution in [1.82, 2.24) is 5.32 Å². The fraction of sp³-hybridized carbons (Fsp3) is 0.364. The Hall–Kier alpha value is -2.86. The Morgan fingerprint density at radius 2 is 1.71 bits per heavy atom. The van der Waals surface area contributed by atoms with E-state index in [4.69, 9.17) is 9.47 Å². The quantitative estimate of drug-likeness (QED) is 0.796. The molecule has 0 radical (unpaired) electrons. The van der Waals surface area contributed by atoms with Crippen LogP contribution in [0.4, 0.5) is 4.79 Å². The predicted octanol–water partition coefficient (Wildman–Crippen LogP) is 2.98. The van der Waals surface area contributed by atoms with Gasteiger partial charge in [-0.25, -0.2) is 9.59 Å². The Kier molecular flexibility index (Phi) is 4.81. The molecule has 2 aromatic carbocycles. The highest BCUT2D eigenvalue weighted by Gasteiger charge is 2.47. The van der Waals surface area contributed by atoms with Gasteiger partial charge in [0.1, 0.15) is 12.1 Å². The van der Waals surface area contributed by atoms with E-state index in [2.05, 4.69) is 17.4 Å². The predicted molar refractivity (Wildman–Crippen MR) is 103 cm³/mol. The zero-order valence-corrected chi connectivity index (χ0v) is 15.7. The number of hydrogen-bond acceptors (Lipinski definition) is 5. The molecule has 0 spiro atoms. The third-order valence-corrected chi connectivity index (χ3v) is 5.75. The minimum atomic E-state index is -1.23. The fourth-order valence-corrected chi connectivity index (χ4v) is 4.39. The summed E-state index contributed by atoms with van der Waals surface area (Å²) in [5.74, 6) is -0.612. The van der Waals surface area contributed by atoms with E-state index in [9.17, 15) is 14.7 Å². The normalized spacial score (nSPS) is 23.0. The maximum Gasteiger partial charge on any atom is 0.408 e. The Balaban J connectivity index is 1.49. The minimum absolute atomic E-state index is 0.0543. The van der Waals surface area contributed by atoms with Crippen molar-refractivity contribution in [3.8, 4) is 11.1 Å². The molecule has 2 N–H and O–H groups in total. The molecule has 0 heterocycles. The van der Waals surface area contributed by atoms with Crippen LogP contribution < -0.4 is 5.32 Å². The minimum Gasteiger partial charge on any atom is -0.467 e. The van der Waals surface area contributed by atoms with E-state index in [0.717, 1.165) is 22.3 Å². The average molecular weight is 381 g/mol. The number of benzene rings is 2. The highest BCUT2D eigenvalue weighted by atomic mass is 16.6. The lowest BCUT2D eigenvalue weighted by molar-refractivity contribution is -0.148. The summed E-state index contributed by atoms with van der Waals surface area (Å²) in [7, 11) is 1.27. The lowest BCUT2D eigenvalue weighted by Crippen LogP contribution is -2.53. The molecule has 0 aromatic heterocycles. The van der Waals surface area contributed by atoms with Gasteiger partial charge in [0, 0.05) is 12.3 Å². The van der Waals surface area contributed by atoms with Crippen molar-refractivity contribution in [3.63, 3.8) is 0 Å². The third-order valence-electron chi connectivity index (χ3n) is 5.75. The largest absolute Gasteiger partial charge is 0.467 e. The molecule has 2 aliphatic carbocycles. The highest BCUT2D eigenvalue weighted by molar-refractivity contribution is 5.86. The maximum atomic E-state index is 12.5. The van der Waals surface area contributed by atoms with Crippen molar-refractivity contribution in [2.45, 2.75) is 36.8 Å². The first-order valence-corrected chi connectivity index (χ1v) is 9.44. The number of methoxy groups -OCH3 is 1. The molecule has 0 bridgehead atoms. The van der Waals surface area contributed by atoms with E-state index in [1.54, 1.807) is 0 Å². The molecule has 6 heteroatoms. The summed E-state index contributed by atoms with van der Waals surface area (Å²) >= 11 is 0. The van der Waals surface area contributed by atoms with E-state index in [1.807, 2.05) is 36.4 Å². The maximum absolute atomic E-state index is 12.5. The van der Waals surface area contributed by atoms with Gasteiger partial charge in [-0.1, -0.05) is 48.5 Å². The first-order chi connectivity index (χ1) is 13.5. The number of aliphatic hydroxyl groups is 1. The zero-order chi connectivity index (χ0) is 19.7. The van der Waals surface area contributed by atoms with E-state index in [-0.39, 0.29) is 18.9 Å². The van der Waals surface area contributed by atoms with Crippen LogP contribution in [0.5, 0.6) is 0 Å². The SMILES string of the molecule is COC(=O)C1(NC(=O)OCC2c3ccccc3-c3ccccc32)CCC(O)C1. The van der Waals surface area contributed by atoms with E-state index >= 15 is 0 Å². The van der Waals surface area contributed by atoms with Crippen LogP contribution in [0.15, 0.2) is 48.5 Å². The standard InChI is InChI=1S/C22H23NO5/c1-27-20(25)22(11-10-14(24)12-22)23-21(26)28-13-19-17-8-4-2-6-15(17)16-7-3-5-9-18(16)19/h2-9,14,19,24H,10-13H2,1H3,(H,23,26). The van der Waals surface area contributed by atoms with Crippen LogP contribution >= 0.6 is 0 Å². The monoisotopic (exact) mass is 381 g/mol. The Morgan fingerprint density at radius 3 is 2.25 bits per heavy atom. The molecule has 2 aromatic rings. The van der Waals surface area contributed by atoms with Gasteiger partial charge >= 0.3 is 12.1 Å². The van der Waals surface area contributed by atoms with Gasteiger partial charge < -0.3 is 19.9 Å². The number of alkyl carbamates (subject to hydrolysis) is 1. The smallest absolute Gasteiger partial charge is 0.408 e. The second-order valence-electron chi connectivity index (χ2n) is 7.42. The van der Waals surface area contributed by atoms with Crippen LogP contribution in [0.3, 0.4) is 0 Å². The van der Waals surface area contributed by atoms with Gasteiger partial charge in [-0.3, -0.25) is 0 Å². The number of amides is 1. The molecule has 1 saturated carbocycles. The van der Waals surface area contributed by atoms with Gasteiger partial charge in [-0.15, -0.1) is 0 Å². The first-order valence-electron chi connectivity index (χ1n) is 9.44. The number of esters is 1. The van der Waals surface area contributed by atoms with Crippen LogP contribution in [0.25, 0.3) is 11.1 Å². The van der Waals surface area contributed by atoms with Crippen LogP contribution in [0.2, 0.25) is 0 Å². The number of nitrogens with one attached hydrogen (secondary N) is 1. The first kappa shape index (κ1) is 18.5. The summed E-state index contributed by atoms with van der Waals surface area (Å²) in [6.45, 7) is 0.166. The van der Waals surface area contributed by atoms with Gasteiger partial charge in [-0.05, 0) is 35.1 Å². The summed E-state index contributed by atoms with van der Waals surface area (Å²) in [6.07, 6.45) is -0.442. The Bertz CT molecular complexity index is 866. The number of carbonyl (C=O) groups is 2. The van der Waals surface area contributed by atoms with Crippen molar-refractivity contribution in [1.29, 1.82) is 0 Å². The number of ether oxygens (including phenoxy) is 2. The van der Waals surface area contributed by atoms with Gasteiger partial charge in [-0.2, -0.15) is 0 Å². The van der Waals surface area contributed by atoms with Crippen LogP contribution in [0, 0.1) is 0 Å². The number of aliphatic hydroxyl groups excluding tert-OH is 1. The lowest BCUT2D eigenvalue weighted by atomic mass is 9.97. The average Bonchev–Trinajstić information content (AvgIpc) is 3.24. The molecule has 0 aliphatic heterocycles. The van der Waals surface area contributed by atoms with Crippen LogP contribution in [0.1, 0.15) is 36.3 Å². The Morgan fingerprint density at radius 1 is 1.11 bits per heavy atom. The second kappa shape index (κ2) is 7.28. The van der Waals surface area contributed by atoms with Crippen molar-refractivity contribution in [3.05, 3.63) is 59.7 Å². The summed E-state index contributed by atoms with van der Waals surface area (Å²) in [4.78, 5) is 24.7. The number of hydrogen-bond donors (Lipinski definition) is 2. The topological polar surface area (TPSA) is 84.9 Å². The molecular weight excluding hydrogens is 358 g/mol. The molecule has 1 amide bonds. The van der Waals surface area contributed by atoms with Crippen molar-refractivity contribution >= 4 is 12.1 Å². The molecule has 2 atom stereocenters. The summed E-state index contributed by atoms with van der Waals surface area (Å²) in [6, 6.07) is 16.2. The van der Waals surface area contributed by atoms with Crippen molar-refractivity contribution in [2.24, 2.45) is 0 Å². The van der Waals surface area contributed by atoms with E-state index < -0.39 is 23.7 Å². The van der Waals surface area contributed by atoms with E-state index in [0.29, 0.717) is 12.8 Å². The molecule has 146 valence electrons. The second-order valence-corrected chi connectivity index (χ2v) is 7.42. The molecule has 4 rings (SSSR count). The molecular formula is C22H23NO5. The molecule has 6 nitrogen and oxygen atoms in total. The van der Waals surface area contributed by atoms with Gasteiger partial charge in [0.15, 0.2) is 0 Å². The molecule has 2 unspecified atom stereocenters. The van der Waals surface area contributed by atoms with Crippen molar-refractivity contribution < 1.29 is 24.2 Å². The van der Waals surface area contributed by atoms with E-state index in [1.165, 1.54) is 7.11 Å². The van der Waals surface area contributed by atoms with Crippen molar-refractivity contribution in [2.75, 3.05) is 13.7 Å². The molecule has 28 heavy (non-hydrogen) atoms. The van der Waals surface area contributed by atoms with Gasteiger partial charge in [0.05, 0.1) is 13.2 Å². The number of rotatable bonds is 4. The fourth-order valence-electron chi connectivity index (χ4n) is 4.39. The highest BCUT2D eigenvalue weighted by Crippen LogP contribution is 2.44. The number of carbonyl (C=O) groups excluding carboxylic acids is 2. The molecule has 0 saturated heterocycles. The molecule has 2 aliphatic rings. The van der Waals surface area contributed by atoms with Crippen LogP contribution in [-0.2, 0) is 14.3 Å². The summed E-state index contributed by atoms with van der Waals surface area (Å²) in [5, 5.41) is 12.5. The number of fused-ring (bicyclic) bond motifs is 3. The zero-order valence-electron chi connectivity index (χ0n) is 15.7. The van der Waals surface area contributed by atoms with Gasteiger partial charge in [0.25, 0.3) is 0 Å². The van der Waals surface area contributed by atoms with Gasteiger partial charge in [0.2, 0.25) is 0 Å². The summed E-state index contributed by atoms with van der Waals surface area (Å²) < 4.78 is 10.4. The summed E-state index contributed by atoms with van der Waals surface area (Å²) in [5.41, 5.74) is 3.32.